The summed E-state index contributed by atoms with van der Waals surface area (Å²) in [4.78, 5) is 28.2. The molecule has 0 unspecified atom stereocenters. The smallest absolute Gasteiger partial charge is 0.264 e. The molecule has 3 aromatic carbocycles. The maximum Gasteiger partial charge on any atom is 0.264 e. The van der Waals surface area contributed by atoms with Crippen molar-refractivity contribution in [2.45, 2.75) is 37.8 Å². The monoisotopic (exact) mass is 629 g/mol. The normalized spacial score (nSPS) is 12.1. The molecule has 0 spiro atoms. The largest absolute Gasteiger partial charge is 0.355 e. The van der Waals surface area contributed by atoms with Gasteiger partial charge in [0.1, 0.15) is 12.6 Å². The van der Waals surface area contributed by atoms with Crippen LogP contribution in [0.15, 0.2) is 71.6 Å². The fourth-order valence-corrected chi connectivity index (χ4v) is 6.12. The zero-order valence-corrected chi connectivity index (χ0v) is 25.0. The highest BCUT2D eigenvalue weighted by atomic mass is 35.5. The highest BCUT2D eigenvalue weighted by molar-refractivity contribution is 7.92. The molecule has 12 heteroatoms. The highest BCUT2D eigenvalue weighted by Crippen LogP contribution is 2.28. The van der Waals surface area contributed by atoms with Gasteiger partial charge in [0.25, 0.3) is 10.0 Å². The number of hydrogen-bond acceptors (Lipinski definition) is 4. The molecule has 0 saturated heterocycles. The Hall–Kier alpha value is -2.49. The van der Waals surface area contributed by atoms with Crippen molar-refractivity contribution in [3.8, 4) is 0 Å². The standard InChI is InChI=1S/C27H27Cl4N3O4S/c1-3-25(27(36)32-4-2)33(16-18-8-9-21(30)15-24(18)31)26(35)17-34(22-7-5-6-20(29)14-22)39(37,38)23-12-10-19(28)11-13-23/h5-15,25H,3-4,16-17H2,1-2H3,(H,32,36)/t25-/m1/s1. The Morgan fingerprint density at radius 3 is 2.10 bits per heavy atom. The Labute approximate surface area is 248 Å². The molecule has 3 aromatic rings. The maximum absolute atomic E-state index is 14.0. The van der Waals surface area contributed by atoms with Gasteiger partial charge in [-0.3, -0.25) is 13.9 Å². The van der Waals surface area contributed by atoms with Gasteiger partial charge >= 0.3 is 0 Å². The van der Waals surface area contributed by atoms with E-state index in [1.165, 1.54) is 47.4 Å². The lowest BCUT2D eigenvalue weighted by atomic mass is 10.1. The van der Waals surface area contributed by atoms with Crippen molar-refractivity contribution in [3.63, 3.8) is 0 Å². The lowest BCUT2D eigenvalue weighted by Crippen LogP contribution is -2.52. The number of likely N-dealkylation sites (N-methyl/N-ethyl adjacent to an activating group) is 1. The lowest BCUT2D eigenvalue weighted by Gasteiger charge is -2.33. The summed E-state index contributed by atoms with van der Waals surface area (Å²) in [5, 5.41) is 4.12. The zero-order valence-electron chi connectivity index (χ0n) is 21.2. The van der Waals surface area contributed by atoms with E-state index in [2.05, 4.69) is 5.32 Å². The number of carbonyl (C=O) groups excluding carboxylic acids is 2. The van der Waals surface area contributed by atoms with Gasteiger partial charge in [0.05, 0.1) is 10.6 Å². The Bertz CT molecular complexity index is 1440. The minimum Gasteiger partial charge on any atom is -0.355 e. The van der Waals surface area contributed by atoms with Crippen molar-refractivity contribution in [2.24, 2.45) is 0 Å². The summed E-state index contributed by atoms with van der Waals surface area (Å²) in [6, 6.07) is 15.7. The number of halogens is 4. The van der Waals surface area contributed by atoms with Gasteiger partial charge in [0, 0.05) is 33.2 Å². The molecule has 0 aromatic heterocycles. The van der Waals surface area contributed by atoms with E-state index in [9.17, 15) is 18.0 Å². The van der Waals surface area contributed by atoms with E-state index in [1.54, 1.807) is 38.1 Å². The van der Waals surface area contributed by atoms with E-state index in [-0.39, 0.29) is 34.5 Å². The van der Waals surface area contributed by atoms with Gasteiger partial charge in [-0.25, -0.2) is 8.42 Å². The molecule has 7 nitrogen and oxygen atoms in total. The molecule has 3 rings (SSSR count). The number of nitrogens with zero attached hydrogens (tertiary/aromatic N) is 2. The molecule has 0 saturated carbocycles. The van der Waals surface area contributed by atoms with Crippen LogP contribution in [0.1, 0.15) is 25.8 Å². The van der Waals surface area contributed by atoms with Crippen LogP contribution >= 0.6 is 46.4 Å². The van der Waals surface area contributed by atoms with Gasteiger partial charge < -0.3 is 10.2 Å². The molecule has 0 aliphatic heterocycles. The summed E-state index contributed by atoms with van der Waals surface area (Å²) in [7, 11) is -4.24. The van der Waals surface area contributed by atoms with Crippen molar-refractivity contribution < 1.29 is 18.0 Å². The number of sulfonamides is 1. The first-order valence-electron chi connectivity index (χ1n) is 12.0. The third-order valence-electron chi connectivity index (χ3n) is 5.87. The van der Waals surface area contributed by atoms with Gasteiger partial charge in [-0.1, -0.05) is 65.5 Å². The molecule has 1 N–H and O–H groups in total. The van der Waals surface area contributed by atoms with Crippen LogP contribution in [0, 0.1) is 0 Å². The van der Waals surface area contributed by atoms with Crippen LogP contribution in [-0.2, 0) is 26.2 Å². The molecular weight excluding hydrogens is 604 g/mol. The van der Waals surface area contributed by atoms with Gasteiger partial charge in [0.15, 0.2) is 0 Å². The fourth-order valence-electron chi connectivity index (χ4n) is 3.94. The Morgan fingerprint density at radius 2 is 1.51 bits per heavy atom. The van der Waals surface area contributed by atoms with E-state index in [0.29, 0.717) is 27.2 Å². The molecular formula is C27H27Cl4N3O4S. The molecule has 0 aliphatic rings. The van der Waals surface area contributed by atoms with Gasteiger partial charge in [0.2, 0.25) is 11.8 Å². The van der Waals surface area contributed by atoms with Gasteiger partial charge in [-0.15, -0.1) is 0 Å². The van der Waals surface area contributed by atoms with E-state index >= 15 is 0 Å². The predicted octanol–water partition coefficient (Wildman–Crippen LogP) is 6.44. The van der Waals surface area contributed by atoms with Crippen LogP contribution in [0.5, 0.6) is 0 Å². The van der Waals surface area contributed by atoms with E-state index in [1.807, 2.05) is 0 Å². The summed E-state index contributed by atoms with van der Waals surface area (Å²) < 4.78 is 28.5. The topological polar surface area (TPSA) is 86.8 Å². The van der Waals surface area contributed by atoms with Crippen LogP contribution in [0.25, 0.3) is 0 Å². The average Bonchev–Trinajstić information content (AvgIpc) is 2.88. The Morgan fingerprint density at radius 1 is 0.872 bits per heavy atom. The highest BCUT2D eigenvalue weighted by Gasteiger charge is 2.34. The molecule has 0 fully saturated rings. The molecule has 0 heterocycles. The quantitative estimate of drug-likeness (QED) is 0.264. The first kappa shape index (κ1) is 31.0. The summed E-state index contributed by atoms with van der Waals surface area (Å²) >= 11 is 24.6. The van der Waals surface area contributed by atoms with Crippen molar-refractivity contribution >= 4 is 73.9 Å². The van der Waals surface area contributed by atoms with Crippen LogP contribution in [0.4, 0.5) is 5.69 Å². The van der Waals surface area contributed by atoms with Gasteiger partial charge in [-0.2, -0.15) is 0 Å². The van der Waals surface area contributed by atoms with E-state index in [0.717, 1.165) is 4.31 Å². The number of benzene rings is 3. The van der Waals surface area contributed by atoms with Crippen molar-refractivity contribution in [1.29, 1.82) is 0 Å². The summed E-state index contributed by atoms with van der Waals surface area (Å²) in [6.45, 7) is 3.25. The SMILES string of the molecule is CCNC(=O)[C@@H](CC)N(Cc1ccc(Cl)cc1Cl)C(=O)CN(c1cccc(Cl)c1)S(=O)(=O)c1ccc(Cl)cc1. The molecule has 0 aliphatic carbocycles. The molecule has 0 radical (unpaired) electrons. The van der Waals surface area contributed by atoms with Crippen molar-refractivity contribution in [1.82, 2.24) is 10.2 Å². The fraction of sp³-hybridized carbons (Fsp3) is 0.259. The minimum absolute atomic E-state index is 0.0468. The van der Waals surface area contributed by atoms with Crippen LogP contribution in [-0.4, -0.2) is 44.3 Å². The molecule has 2 amide bonds. The second-order valence-corrected chi connectivity index (χ2v) is 12.1. The maximum atomic E-state index is 14.0. The average molecular weight is 631 g/mol. The number of amides is 2. The second-order valence-electron chi connectivity index (χ2n) is 8.52. The number of anilines is 1. The first-order chi connectivity index (χ1) is 18.5. The summed E-state index contributed by atoms with van der Waals surface area (Å²) in [5.41, 5.74) is 0.730. The second kappa shape index (κ2) is 13.7. The van der Waals surface area contributed by atoms with Crippen LogP contribution in [0.2, 0.25) is 20.1 Å². The van der Waals surface area contributed by atoms with E-state index < -0.39 is 28.5 Å². The van der Waals surface area contributed by atoms with Crippen molar-refractivity contribution in [2.75, 3.05) is 17.4 Å². The number of carbonyl (C=O) groups is 2. The summed E-state index contributed by atoms with van der Waals surface area (Å²) in [6.07, 6.45) is 0.282. The Kier molecular flexibility index (Phi) is 10.9. The van der Waals surface area contributed by atoms with Crippen molar-refractivity contribution in [3.05, 3.63) is 92.4 Å². The minimum atomic E-state index is -4.24. The lowest BCUT2D eigenvalue weighted by molar-refractivity contribution is -0.140. The third kappa shape index (κ3) is 7.80. The van der Waals surface area contributed by atoms with E-state index in [4.69, 9.17) is 46.4 Å². The predicted molar refractivity (Wildman–Crippen MR) is 157 cm³/mol. The number of rotatable bonds is 11. The number of hydrogen-bond donors (Lipinski definition) is 1. The molecule has 208 valence electrons. The summed E-state index contributed by atoms with van der Waals surface area (Å²) in [5.74, 6) is -0.982. The molecule has 39 heavy (non-hydrogen) atoms. The molecule has 0 bridgehead atoms. The van der Waals surface area contributed by atoms with Crippen LogP contribution in [0.3, 0.4) is 0 Å². The first-order valence-corrected chi connectivity index (χ1v) is 15.0. The number of nitrogens with one attached hydrogen (secondary N) is 1. The van der Waals surface area contributed by atoms with Gasteiger partial charge in [-0.05, 0) is 73.5 Å². The molecule has 1 atom stereocenters. The third-order valence-corrected chi connectivity index (χ3v) is 8.73. The zero-order chi connectivity index (χ0) is 28.7. The van der Waals surface area contributed by atoms with Crippen LogP contribution < -0.4 is 9.62 Å². The Balaban J connectivity index is 2.08.